The number of rotatable bonds is 13. The molecule has 9 heteroatoms. The summed E-state index contributed by atoms with van der Waals surface area (Å²) >= 11 is 0. The van der Waals surface area contributed by atoms with E-state index in [4.69, 9.17) is 18.6 Å². The first-order valence-electron chi connectivity index (χ1n) is 13.5. The van der Waals surface area contributed by atoms with Crippen molar-refractivity contribution in [1.82, 2.24) is 9.88 Å². The van der Waals surface area contributed by atoms with E-state index in [9.17, 15) is 14.7 Å². The van der Waals surface area contributed by atoms with Crippen LogP contribution in [0.25, 0.3) is 11.5 Å². The van der Waals surface area contributed by atoms with Crippen molar-refractivity contribution >= 4 is 12.1 Å². The number of aromatic nitrogens is 1. The number of nitrogens with zero attached hydrogens (tertiary/aromatic N) is 2. The third-order valence-corrected chi connectivity index (χ3v) is 6.53. The van der Waals surface area contributed by atoms with E-state index in [1.165, 1.54) is 4.90 Å². The number of carbonyl (C=O) groups excluding carboxylic acids is 1. The van der Waals surface area contributed by atoms with E-state index in [2.05, 4.69) is 4.98 Å². The number of hydrogen-bond donors (Lipinski definition) is 1. The van der Waals surface area contributed by atoms with E-state index in [0.717, 1.165) is 29.0 Å². The van der Waals surface area contributed by atoms with Crippen LogP contribution in [0.1, 0.15) is 42.8 Å². The molecule has 0 aliphatic carbocycles. The van der Waals surface area contributed by atoms with Gasteiger partial charge in [-0.3, -0.25) is 9.69 Å². The van der Waals surface area contributed by atoms with E-state index in [-0.39, 0.29) is 0 Å². The molecule has 1 N–H and O–H groups in total. The number of carboxylic acid groups (broad SMARTS) is 1. The second-order valence-electron chi connectivity index (χ2n) is 9.43. The lowest BCUT2D eigenvalue weighted by molar-refractivity contribution is -0.138. The van der Waals surface area contributed by atoms with E-state index >= 15 is 0 Å². The standard InChI is InChI=1S/C32H34N2O7/c1-4-8-29(34(21-30(35)36)32(37)41-27-17-15-25(38-3)16-18-27)23-11-13-26(14-12-23)39-20-19-28-22(2)40-31(33-28)24-9-6-5-7-10-24/h5-7,9-18,29H,4,8,19-21H2,1-3H3,(H,35,36). The number of carboxylic acids is 1. The second-order valence-corrected chi connectivity index (χ2v) is 9.43. The van der Waals surface area contributed by atoms with Gasteiger partial charge in [-0.15, -0.1) is 0 Å². The first-order valence-corrected chi connectivity index (χ1v) is 13.5. The zero-order valence-electron chi connectivity index (χ0n) is 23.4. The third-order valence-electron chi connectivity index (χ3n) is 6.53. The molecule has 9 nitrogen and oxygen atoms in total. The van der Waals surface area contributed by atoms with Crippen molar-refractivity contribution in [1.29, 1.82) is 0 Å². The Morgan fingerprint density at radius 3 is 2.24 bits per heavy atom. The fraction of sp³-hybridized carbons (Fsp3) is 0.281. The summed E-state index contributed by atoms with van der Waals surface area (Å²) in [4.78, 5) is 30.7. The number of ether oxygens (including phenoxy) is 3. The van der Waals surface area contributed by atoms with Crippen LogP contribution in [0.2, 0.25) is 0 Å². The van der Waals surface area contributed by atoms with Gasteiger partial charge in [0, 0.05) is 12.0 Å². The molecule has 4 aromatic rings. The molecule has 0 radical (unpaired) electrons. The fourth-order valence-electron chi connectivity index (χ4n) is 4.44. The lowest BCUT2D eigenvalue weighted by atomic mass is 10.0. The molecule has 1 unspecified atom stereocenters. The first kappa shape index (κ1) is 29.2. The monoisotopic (exact) mass is 558 g/mol. The van der Waals surface area contributed by atoms with Crippen molar-refractivity contribution in [3.05, 3.63) is 95.9 Å². The van der Waals surface area contributed by atoms with Crippen LogP contribution in [0.3, 0.4) is 0 Å². The van der Waals surface area contributed by atoms with Gasteiger partial charge in [0.1, 0.15) is 29.6 Å². The van der Waals surface area contributed by atoms with Crippen molar-refractivity contribution < 1.29 is 33.3 Å². The van der Waals surface area contributed by atoms with Crippen LogP contribution < -0.4 is 14.2 Å². The van der Waals surface area contributed by atoms with Gasteiger partial charge in [-0.25, -0.2) is 9.78 Å². The number of methoxy groups -OCH3 is 1. The van der Waals surface area contributed by atoms with Crippen LogP contribution in [-0.2, 0) is 11.2 Å². The Hall–Kier alpha value is -4.79. The van der Waals surface area contributed by atoms with Gasteiger partial charge in [-0.1, -0.05) is 43.7 Å². The molecular formula is C32H34N2O7. The Labute approximate surface area is 239 Å². The number of amides is 1. The molecule has 0 spiro atoms. The minimum absolute atomic E-state index is 0.295. The zero-order valence-corrected chi connectivity index (χ0v) is 23.4. The fourth-order valence-corrected chi connectivity index (χ4v) is 4.44. The molecule has 0 saturated heterocycles. The van der Waals surface area contributed by atoms with Crippen LogP contribution >= 0.6 is 0 Å². The Kier molecular flexibility index (Phi) is 9.99. The van der Waals surface area contributed by atoms with E-state index in [1.807, 2.05) is 68.4 Å². The molecule has 0 aliphatic rings. The average molecular weight is 559 g/mol. The molecule has 1 heterocycles. The third kappa shape index (κ3) is 7.88. The van der Waals surface area contributed by atoms with Crippen LogP contribution in [-0.4, -0.2) is 47.3 Å². The summed E-state index contributed by atoms with van der Waals surface area (Å²) in [7, 11) is 1.54. The number of aryl methyl sites for hydroxylation is 1. The highest BCUT2D eigenvalue weighted by Gasteiger charge is 2.28. The average Bonchev–Trinajstić information content (AvgIpc) is 3.36. The largest absolute Gasteiger partial charge is 0.497 e. The van der Waals surface area contributed by atoms with Gasteiger partial charge >= 0.3 is 12.1 Å². The molecule has 0 fully saturated rings. The van der Waals surface area contributed by atoms with Crippen LogP contribution in [0.15, 0.2) is 83.3 Å². The van der Waals surface area contributed by atoms with Gasteiger partial charge in [-0.05, 0) is 67.4 Å². The Morgan fingerprint density at radius 1 is 0.951 bits per heavy atom. The number of benzene rings is 3. The summed E-state index contributed by atoms with van der Waals surface area (Å²) in [5.41, 5.74) is 2.54. The highest BCUT2D eigenvalue weighted by molar-refractivity contribution is 5.78. The van der Waals surface area contributed by atoms with Gasteiger partial charge < -0.3 is 23.7 Å². The number of oxazole rings is 1. The van der Waals surface area contributed by atoms with Crippen LogP contribution in [0.5, 0.6) is 17.2 Å². The summed E-state index contributed by atoms with van der Waals surface area (Å²) in [6.07, 6.45) is 1.12. The van der Waals surface area contributed by atoms with Crippen molar-refractivity contribution in [2.75, 3.05) is 20.3 Å². The summed E-state index contributed by atoms with van der Waals surface area (Å²) in [5.74, 6) is 1.77. The lowest BCUT2D eigenvalue weighted by Crippen LogP contribution is -2.40. The molecule has 0 bridgehead atoms. The smallest absolute Gasteiger partial charge is 0.416 e. The minimum Gasteiger partial charge on any atom is -0.497 e. The van der Waals surface area contributed by atoms with Crippen molar-refractivity contribution in [3.8, 4) is 28.7 Å². The van der Waals surface area contributed by atoms with Crippen LogP contribution in [0, 0.1) is 6.92 Å². The Balaban J connectivity index is 1.41. The maximum absolute atomic E-state index is 13.1. The van der Waals surface area contributed by atoms with E-state index in [0.29, 0.717) is 42.6 Å². The molecule has 1 aromatic heterocycles. The summed E-state index contributed by atoms with van der Waals surface area (Å²) in [6, 6.07) is 23.1. The lowest BCUT2D eigenvalue weighted by Gasteiger charge is -2.30. The summed E-state index contributed by atoms with van der Waals surface area (Å²) in [5, 5.41) is 9.55. The highest BCUT2D eigenvalue weighted by Crippen LogP contribution is 2.29. The van der Waals surface area contributed by atoms with Crippen molar-refractivity contribution in [2.24, 2.45) is 0 Å². The van der Waals surface area contributed by atoms with E-state index in [1.54, 1.807) is 31.4 Å². The molecule has 0 saturated carbocycles. The zero-order chi connectivity index (χ0) is 29.2. The topological polar surface area (TPSA) is 111 Å². The molecule has 214 valence electrons. The molecule has 1 atom stereocenters. The number of aliphatic carboxylic acids is 1. The number of hydrogen-bond acceptors (Lipinski definition) is 7. The molecule has 0 aliphatic heterocycles. The first-order chi connectivity index (χ1) is 19.9. The normalized spacial score (nSPS) is 11.5. The highest BCUT2D eigenvalue weighted by atomic mass is 16.6. The predicted molar refractivity (Wildman–Crippen MR) is 153 cm³/mol. The van der Waals surface area contributed by atoms with Crippen molar-refractivity contribution in [3.63, 3.8) is 0 Å². The van der Waals surface area contributed by atoms with Gasteiger partial charge in [0.05, 0.1) is 25.5 Å². The Bertz CT molecular complexity index is 1420. The van der Waals surface area contributed by atoms with Gasteiger partial charge in [-0.2, -0.15) is 0 Å². The van der Waals surface area contributed by atoms with Crippen molar-refractivity contribution in [2.45, 2.75) is 39.2 Å². The maximum Gasteiger partial charge on any atom is 0.416 e. The second kappa shape index (κ2) is 14.0. The quantitative estimate of drug-likeness (QED) is 0.193. The molecule has 41 heavy (non-hydrogen) atoms. The predicted octanol–water partition coefficient (Wildman–Crippen LogP) is 6.71. The summed E-state index contributed by atoms with van der Waals surface area (Å²) < 4.78 is 22.4. The van der Waals surface area contributed by atoms with Gasteiger partial charge in [0.2, 0.25) is 5.89 Å². The Morgan fingerprint density at radius 2 is 1.61 bits per heavy atom. The number of carbonyl (C=O) groups is 2. The molecule has 3 aromatic carbocycles. The molecule has 4 rings (SSSR count). The van der Waals surface area contributed by atoms with Gasteiger partial charge in [0.15, 0.2) is 0 Å². The molecule has 1 amide bonds. The maximum atomic E-state index is 13.1. The molecular weight excluding hydrogens is 524 g/mol. The van der Waals surface area contributed by atoms with Gasteiger partial charge in [0.25, 0.3) is 0 Å². The van der Waals surface area contributed by atoms with Crippen LogP contribution in [0.4, 0.5) is 4.79 Å². The van der Waals surface area contributed by atoms with E-state index < -0.39 is 24.6 Å². The summed E-state index contributed by atoms with van der Waals surface area (Å²) in [6.45, 7) is 3.77. The minimum atomic E-state index is -1.13. The SMILES string of the molecule is CCCC(c1ccc(OCCc2nc(-c3ccccc3)oc2C)cc1)N(CC(=O)O)C(=O)Oc1ccc(OC)cc1.